The van der Waals surface area contributed by atoms with Gasteiger partial charge in [0.05, 0.1) is 10.7 Å². The number of carbonyl (C=O) groups excluding carboxylic acids is 2. The molecule has 6 nitrogen and oxygen atoms in total. The van der Waals surface area contributed by atoms with E-state index in [0.717, 1.165) is 5.69 Å². The summed E-state index contributed by atoms with van der Waals surface area (Å²) in [6.45, 7) is 2.11. The second-order valence-electron chi connectivity index (χ2n) is 5.78. The van der Waals surface area contributed by atoms with Gasteiger partial charge in [-0.3, -0.25) is 9.89 Å². The minimum atomic E-state index is -0.573. The lowest BCUT2D eigenvalue weighted by Gasteiger charge is -2.17. The van der Waals surface area contributed by atoms with Crippen LogP contribution in [0.4, 0.5) is 9.18 Å². The smallest absolute Gasteiger partial charge is 0.315 e. The number of Topliss-reactive ketones (excluding diaryl/α,β-unsaturated/α-hetero) is 1. The number of H-pyrrole nitrogens is 1. The van der Waals surface area contributed by atoms with Crippen LogP contribution in [-0.2, 0) is 4.79 Å². The number of halogens is 2. The van der Waals surface area contributed by atoms with Gasteiger partial charge in [-0.05, 0) is 30.7 Å². The summed E-state index contributed by atoms with van der Waals surface area (Å²) in [6, 6.07) is 5.27. The number of urea groups is 1. The standard InChI is InChI=1S/C16H16ClFN4O2/c1-8-4-13(22-21-8)10(9-2-3-12(18)11(17)5-9)6-15(23)14-7-19-16(24)20-14/h2-5,10,14H,6-7H2,1H3,(H,21,22)(H2,19,20,24)/t10?,14-/m0/s1. The molecule has 0 spiro atoms. The molecule has 3 N–H and O–H groups in total. The number of nitrogens with zero attached hydrogens (tertiary/aromatic N) is 1. The highest BCUT2D eigenvalue weighted by atomic mass is 35.5. The van der Waals surface area contributed by atoms with Crippen LogP contribution in [0.1, 0.15) is 29.3 Å². The quantitative estimate of drug-likeness (QED) is 0.773. The second-order valence-corrected chi connectivity index (χ2v) is 6.19. The van der Waals surface area contributed by atoms with Crippen LogP contribution in [-0.4, -0.2) is 34.6 Å². The lowest BCUT2D eigenvalue weighted by molar-refractivity contribution is -0.120. The van der Waals surface area contributed by atoms with Crippen molar-refractivity contribution >= 4 is 23.4 Å². The van der Waals surface area contributed by atoms with Crippen molar-refractivity contribution in [3.05, 3.63) is 52.1 Å². The highest BCUT2D eigenvalue weighted by molar-refractivity contribution is 6.30. The SMILES string of the molecule is Cc1cc(C(CC(=O)[C@@H]2CNC(=O)N2)c2ccc(F)c(Cl)c2)n[nH]1. The summed E-state index contributed by atoms with van der Waals surface area (Å²) < 4.78 is 13.4. The van der Waals surface area contributed by atoms with Gasteiger partial charge in [-0.25, -0.2) is 9.18 Å². The first-order valence-corrected chi connectivity index (χ1v) is 7.86. The number of benzene rings is 1. The zero-order valence-corrected chi connectivity index (χ0v) is 13.7. The number of aryl methyl sites for hydroxylation is 1. The van der Waals surface area contributed by atoms with Gasteiger partial charge >= 0.3 is 6.03 Å². The van der Waals surface area contributed by atoms with Crippen molar-refractivity contribution in [2.45, 2.75) is 25.3 Å². The summed E-state index contributed by atoms with van der Waals surface area (Å²) in [5.74, 6) is -1.02. The Labute approximate surface area is 142 Å². The van der Waals surface area contributed by atoms with Crippen LogP contribution >= 0.6 is 11.6 Å². The van der Waals surface area contributed by atoms with Crippen molar-refractivity contribution in [2.24, 2.45) is 0 Å². The summed E-state index contributed by atoms with van der Waals surface area (Å²) in [6.07, 6.45) is 0.124. The summed E-state index contributed by atoms with van der Waals surface area (Å²) in [7, 11) is 0. The third-order valence-electron chi connectivity index (χ3n) is 3.99. The van der Waals surface area contributed by atoms with E-state index in [-0.39, 0.29) is 35.7 Å². The normalized spacial score (nSPS) is 18.1. The highest BCUT2D eigenvalue weighted by Crippen LogP contribution is 2.30. The van der Waals surface area contributed by atoms with Gasteiger partial charge in [0.2, 0.25) is 0 Å². The van der Waals surface area contributed by atoms with E-state index in [0.29, 0.717) is 11.3 Å². The van der Waals surface area contributed by atoms with Crippen LogP contribution < -0.4 is 10.6 Å². The Balaban J connectivity index is 1.88. The maximum atomic E-state index is 13.4. The molecule has 1 aromatic heterocycles. The first-order valence-electron chi connectivity index (χ1n) is 7.48. The molecule has 1 aromatic carbocycles. The van der Waals surface area contributed by atoms with Crippen molar-refractivity contribution in [1.29, 1.82) is 0 Å². The van der Waals surface area contributed by atoms with Crippen LogP contribution in [0, 0.1) is 12.7 Å². The van der Waals surface area contributed by atoms with E-state index in [1.54, 1.807) is 6.07 Å². The van der Waals surface area contributed by atoms with Gasteiger partial charge < -0.3 is 10.6 Å². The van der Waals surface area contributed by atoms with Gasteiger partial charge in [-0.15, -0.1) is 0 Å². The summed E-state index contributed by atoms with van der Waals surface area (Å²) in [5.41, 5.74) is 2.21. The topological polar surface area (TPSA) is 86.9 Å². The Morgan fingerprint density at radius 1 is 1.46 bits per heavy atom. The number of carbonyl (C=O) groups is 2. The zero-order valence-electron chi connectivity index (χ0n) is 12.9. The molecule has 8 heteroatoms. The predicted molar refractivity (Wildman–Crippen MR) is 86.5 cm³/mol. The molecule has 0 aliphatic carbocycles. The number of rotatable bonds is 5. The lowest BCUT2D eigenvalue weighted by atomic mass is 9.89. The van der Waals surface area contributed by atoms with Crippen LogP contribution in [0.5, 0.6) is 0 Å². The van der Waals surface area contributed by atoms with Crippen LogP contribution in [0.15, 0.2) is 24.3 Å². The molecule has 1 aliphatic heterocycles. The summed E-state index contributed by atoms with van der Waals surface area (Å²) in [5, 5.41) is 12.2. The number of hydrogen-bond donors (Lipinski definition) is 3. The average Bonchev–Trinajstić information content (AvgIpc) is 3.16. The summed E-state index contributed by atoms with van der Waals surface area (Å²) in [4.78, 5) is 23.7. The Morgan fingerprint density at radius 3 is 2.83 bits per heavy atom. The largest absolute Gasteiger partial charge is 0.336 e. The van der Waals surface area contributed by atoms with Gasteiger partial charge in [-0.1, -0.05) is 17.7 Å². The molecule has 1 aliphatic rings. The number of aromatic nitrogens is 2. The zero-order chi connectivity index (χ0) is 17.3. The Hall–Kier alpha value is -2.41. The average molecular weight is 351 g/mol. The predicted octanol–water partition coefficient (Wildman–Crippen LogP) is 2.28. The van der Waals surface area contributed by atoms with E-state index >= 15 is 0 Å². The van der Waals surface area contributed by atoms with Gasteiger partial charge in [0.15, 0.2) is 5.78 Å². The molecule has 126 valence electrons. The van der Waals surface area contributed by atoms with Crippen molar-refractivity contribution in [2.75, 3.05) is 6.54 Å². The van der Waals surface area contributed by atoms with E-state index in [1.165, 1.54) is 12.1 Å². The molecule has 0 saturated carbocycles. The van der Waals surface area contributed by atoms with Crippen molar-refractivity contribution in [3.63, 3.8) is 0 Å². The molecule has 2 atom stereocenters. The van der Waals surface area contributed by atoms with Crippen molar-refractivity contribution in [3.8, 4) is 0 Å². The molecular weight excluding hydrogens is 335 g/mol. The van der Waals surface area contributed by atoms with E-state index in [1.807, 2.05) is 13.0 Å². The van der Waals surface area contributed by atoms with E-state index in [2.05, 4.69) is 20.8 Å². The minimum Gasteiger partial charge on any atom is -0.336 e. The molecule has 1 fully saturated rings. The van der Waals surface area contributed by atoms with Crippen LogP contribution in [0.2, 0.25) is 5.02 Å². The number of nitrogens with one attached hydrogen (secondary N) is 3. The molecular formula is C16H16ClFN4O2. The molecule has 2 heterocycles. The Bertz CT molecular complexity index is 792. The fourth-order valence-electron chi connectivity index (χ4n) is 2.73. The monoisotopic (exact) mass is 350 g/mol. The molecule has 24 heavy (non-hydrogen) atoms. The molecule has 1 saturated heterocycles. The molecule has 2 aromatic rings. The number of ketones is 1. The first-order chi connectivity index (χ1) is 11.4. The Morgan fingerprint density at radius 2 is 2.25 bits per heavy atom. The fraction of sp³-hybridized carbons (Fsp3) is 0.312. The van der Waals surface area contributed by atoms with Gasteiger partial charge in [0, 0.05) is 24.6 Å². The molecule has 1 unspecified atom stereocenters. The van der Waals surface area contributed by atoms with Gasteiger partial charge in [0.25, 0.3) is 0 Å². The highest BCUT2D eigenvalue weighted by Gasteiger charge is 2.30. The number of aromatic amines is 1. The third-order valence-corrected chi connectivity index (χ3v) is 4.28. The van der Waals surface area contributed by atoms with Crippen molar-refractivity contribution in [1.82, 2.24) is 20.8 Å². The van der Waals surface area contributed by atoms with Gasteiger partial charge in [-0.2, -0.15) is 5.10 Å². The number of amides is 2. The molecule has 2 amide bonds. The fourth-order valence-corrected chi connectivity index (χ4v) is 2.92. The van der Waals surface area contributed by atoms with E-state index in [9.17, 15) is 14.0 Å². The van der Waals surface area contributed by atoms with E-state index in [4.69, 9.17) is 11.6 Å². The molecule has 3 rings (SSSR count). The molecule has 0 bridgehead atoms. The maximum absolute atomic E-state index is 13.4. The lowest BCUT2D eigenvalue weighted by Crippen LogP contribution is -2.35. The first kappa shape index (κ1) is 16.4. The maximum Gasteiger partial charge on any atom is 0.315 e. The van der Waals surface area contributed by atoms with Crippen LogP contribution in [0.3, 0.4) is 0 Å². The molecule has 0 radical (unpaired) electrons. The third kappa shape index (κ3) is 3.41. The van der Waals surface area contributed by atoms with Crippen molar-refractivity contribution < 1.29 is 14.0 Å². The second kappa shape index (κ2) is 6.60. The summed E-state index contributed by atoms with van der Waals surface area (Å²) >= 11 is 5.88. The number of hydrogen-bond acceptors (Lipinski definition) is 3. The van der Waals surface area contributed by atoms with Crippen LogP contribution in [0.25, 0.3) is 0 Å². The minimum absolute atomic E-state index is 0.00644. The van der Waals surface area contributed by atoms with E-state index < -0.39 is 11.9 Å². The Kier molecular flexibility index (Phi) is 4.53. The van der Waals surface area contributed by atoms with Gasteiger partial charge in [0.1, 0.15) is 11.9 Å².